The predicted octanol–water partition coefficient (Wildman–Crippen LogP) is 0.685. The molecule has 2 rings (SSSR count). The van der Waals surface area contributed by atoms with E-state index in [4.69, 9.17) is 9.94 Å². The molecule has 0 saturated heterocycles. The Hall–Kier alpha value is -1.99. The summed E-state index contributed by atoms with van der Waals surface area (Å²) in [6.07, 6.45) is 0.288. The highest BCUT2D eigenvalue weighted by molar-refractivity contribution is 5.68. The zero-order valence-corrected chi connectivity index (χ0v) is 9.50. The molecule has 1 N–H and O–H groups in total. The van der Waals surface area contributed by atoms with Crippen LogP contribution in [0.25, 0.3) is 0 Å². The molecule has 0 fully saturated rings. The van der Waals surface area contributed by atoms with Gasteiger partial charge in [0.05, 0.1) is 17.3 Å². The van der Waals surface area contributed by atoms with Crippen LogP contribution in [0.3, 0.4) is 0 Å². The lowest BCUT2D eigenvalue weighted by Gasteiger charge is -2.21. The van der Waals surface area contributed by atoms with E-state index in [1.807, 2.05) is 0 Å². The molecule has 0 unspecified atom stereocenters. The minimum atomic E-state index is -0.383. The zero-order chi connectivity index (χ0) is 12.4. The second-order valence-electron chi connectivity index (χ2n) is 3.81. The molecule has 1 amide bonds. The molecule has 94 valence electrons. The molecular weight excluding hydrogens is 228 g/mol. The van der Waals surface area contributed by atoms with Crippen molar-refractivity contribution in [1.29, 1.82) is 0 Å². The van der Waals surface area contributed by atoms with E-state index in [9.17, 15) is 10.0 Å². The number of allylic oxidation sites excluding steroid dienone is 1. The van der Waals surface area contributed by atoms with E-state index in [0.29, 0.717) is 32.7 Å². The summed E-state index contributed by atoms with van der Waals surface area (Å²) in [5.41, 5.74) is 1.82. The average Bonchev–Trinajstić information content (AvgIpc) is 3.06. The lowest BCUT2D eigenvalue weighted by atomic mass is 10.4. The Balaban J connectivity index is 2.04. The Kier molecular flexibility index (Phi) is 3.03. The minimum absolute atomic E-state index is 0.136. The van der Waals surface area contributed by atoms with Crippen molar-refractivity contribution in [1.82, 2.24) is 9.91 Å². The van der Waals surface area contributed by atoms with Gasteiger partial charge in [0.2, 0.25) is 5.28 Å². The van der Waals surface area contributed by atoms with Crippen LogP contribution >= 0.6 is 0 Å². The molecule has 1 aliphatic carbocycles. The molecule has 8 nitrogen and oxygen atoms in total. The van der Waals surface area contributed by atoms with Crippen molar-refractivity contribution in [2.24, 2.45) is 5.28 Å². The van der Waals surface area contributed by atoms with Gasteiger partial charge < -0.3 is 20.1 Å². The van der Waals surface area contributed by atoms with Crippen molar-refractivity contribution < 1.29 is 19.7 Å². The number of carbonyl (C=O) groups excluding carboxylic acids is 1. The van der Waals surface area contributed by atoms with E-state index in [-0.39, 0.29) is 11.1 Å². The number of hydrazine groups is 1. The molecule has 0 atom stereocenters. The molecule has 0 radical (unpaired) electrons. The maximum Gasteiger partial charge on any atom is 0.410 e. The number of hydrogen-bond acceptors (Lipinski definition) is 4. The van der Waals surface area contributed by atoms with Crippen LogP contribution in [0, 0.1) is 5.21 Å². The summed E-state index contributed by atoms with van der Waals surface area (Å²) in [5.74, 6) is 0. The van der Waals surface area contributed by atoms with Gasteiger partial charge in [-0.1, -0.05) is 0 Å². The smallest absolute Gasteiger partial charge is 0.410 e. The molecule has 1 heterocycles. The topological polar surface area (TPSA) is 91.4 Å². The Morgan fingerprint density at radius 2 is 2.41 bits per heavy atom. The molecule has 1 aliphatic heterocycles. The molecule has 0 saturated carbocycles. The van der Waals surface area contributed by atoms with E-state index < -0.39 is 0 Å². The second-order valence-corrected chi connectivity index (χ2v) is 3.81. The van der Waals surface area contributed by atoms with E-state index in [1.165, 1.54) is 9.91 Å². The first-order valence-corrected chi connectivity index (χ1v) is 5.39. The van der Waals surface area contributed by atoms with Crippen molar-refractivity contribution in [2.75, 3.05) is 26.2 Å². The number of hydrogen-bond donors (Lipinski definition) is 1. The largest absolute Gasteiger partial charge is 0.569 e. The third-order valence-electron chi connectivity index (χ3n) is 2.75. The standard InChI is InChI=1S/C9H14N4O4/c1-2-17-9(14)11-3-4-12(13(16)10-15)8-5-7(8)6-11/h15H,2-6H2,1H3/b13-10-. The highest BCUT2D eigenvalue weighted by Gasteiger charge is 2.38. The van der Waals surface area contributed by atoms with Gasteiger partial charge in [0.25, 0.3) is 0 Å². The normalized spacial score (nSPS) is 19.9. The summed E-state index contributed by atoms with van der Waals surface area (Å²) in [7, 11) is 0. The third-order valence-corrected chi connectivity index (χ3v) is 2.75. The molecular formula is C9H14N4O4. The molecule has 8 heteroatoms. The maximum atomic E-state index is 11.6. The molecule has 0 aromatic rings. The van der Waals surface area contributed by atoms with Crippen molar-refractivity contribution in [3.8, 4) is 0 Å². The number of rotatable bonds is 2. The van der Waals surface area contributed by atoms with Gasteiger partial charge in [-0.2, -0.15) is 0 Å². The van der Waals surface area contributed by atoms with Crippen LogP contribution in [0.4, 0.5) is 4.79 Å². The van der Waals surface area contributed by atoms with Gasteiger partial charge in [0.1, 0.15) is 6.54 Å². The molecule has 17 heavy (non-hydrogen) atoms. The molecule has 0 aromatic carbocycles. The lowest BCUT2D eigenvalue weighted by molar-refractivity contribution is -0.698. The summed E-state index contributed by atoms with van der Waals surface area (Å²) in [4.78, 5) is 13.2. The summed E-state index contributed by atoms with van der Waals surface area (Å²) in [6.45, 7) is 3.20. The number of amides is 1. The molecule has 0 aromatic heterocycles. The van der Waals surface area contributed by atoms with Gasteiger partial charge in [-0.05, 0) is 12.5 Å². The van der Waals surface area contributed by atoms with E-state index >= 15 is 0 Å². The Labute approximate surface area is 97.9 Å². The van der Waals surface area contributed by atoms with Gasteiger partial charge in [0, 0.05) is 19.5 Å². The predicted molar refractivity (Wildman–Crippen MR) is 54.8 cm³/mol. The SMILES string of the molecule is CCOC(=O)N1CCN(/[N+]([O-])=N/O)C2=C(C2)C1. The van der Waals surface area contributed by atoms with Crippen LogP contribution in [0.5, 0.6) is 0 Å². The van der Waals surface area contributed by atoms with Gasteiger partial charge in [0.15, 0.2) is 0 Å². The van der Waals surface area contributed by atoms with Crippen LogP contribution < -0.4 is 0 Å². The first kappa shape index (κ1) is 11.5. The first-order valence-electron chi connectivity index (χ1n) is 5.39. The first-order chi connectivity index (χ1) is 8.17. The number of carbonyl (C=O) groups is 1. The maximum absolute atomic E-state index is 11.6. The van der Waals surface area contributed by atoms with Crippen molar-refractivity contribution in [2.45, 2.75) is 13.3 Å². The molecule has 2 aliphatic rings. The minimum Gasteiger partial charge on any atom is -0.569 e. The van der Waals surface area contributed by atoms with E-state index in [1.54, 1.807) is 6.92 Å². The van der Waals surface area contributed by atoms with Crippen LogP contribution in [-0.2, 0) is 4.74 Å². The monoisotopic (exact) mass is 242 g/mol. The van der Waals surface area contributed by atoms with Gasteiger partial charge in [-0.25, -0.2) is 4.79 Å². The summed E-state index contributed by atoms with van der Waals surface area (Å²) in [5, 5.41) is 23.5. The van der Waals surface area contributed by atoms with Crippen LogP contribution in [0.15, 0.2) is 16.5 Å². The fourth-order valence-corrected chi connectivity index (χ4v) is 1.85. The highest BCUT2D eigenvalue weighted by Crippen LogP contribution is 2.36. The van der Waals surface area contributed by atoms with Crippen LogP contribution in [0.1, 0.15) is 13.3 Å². The summed E-state index contributed by atoms with van der Waals surface area (Å²) >= 11 is 0. The van der Waals surface area contributed by atoms with Gasteiger partial charge >= 0.3 is 6.09 Å². The van der Waals surface area contributed by atoms with Gasteiger partial charge in [-0.15, -0.1) is 5.01 Å². The van der Waals surface area contributed by atoms with Crippen molar-refractivity contribution >= 4 is 6.09 Å². The third kappa shape index (κ3) is 2.24. The fourth-order valence-electron chi connectivity index (χ4n) is 1.85. The van der Waals surface area contributed by atoms with Crippen molar-refractivity contribution in [3.63, 3.8) is 0 Å². The van der Waals surface area contributed by atoms with E-state index in [0.717, 1.165) is 11.3 Å². The number of nitrogens with zero attached hydrogens (tertiary/aromatic N) is 4. The molecule has 0 spiro atoms. The number of ether oxygens (including phenoxy) is 1. The van der Waals surface area contributed by atoms with Crippen LogP contribution in [0.2, 0.25) is 0 Å². The van der Waals surface area contributed by atoms with E-state index in [2.05, 4.69) is 5.28 Å². The van der Waals surface area contributed by atoms with Gasteiger partial charge in [-0.3, -0.25) is 0 Å². The Morgan fingerprint density at radius 3 is 3.06 bits per heavy atom. The Morgan fingerprint density at radius 1 is 1.65 bits per heavy atom. The summed E-state index contributed by atoms with van der Waals surface area (Å²) in [6, 6.07) is 0. The van der Waals surface area contributed by atoms with Crippen LogP contribution in [-0.4, -0.2) is 52.4 Å². The lowest BCUT2D eigenvalue weighted by Crippen LogP contribution is -2.39. The highest BCUT2D eigenvalue weighted by atomic mass is 16.6. The summed E-state index contributed by atoms with van der Waals surface area (Å²) < 4.78 is 4.91. The molecule has 0 bridgehead atoms. The fraction of sp³-hybridized carbons (Fsp3) is 0.667. The van der Waals surface area contributed by atoms with Crippen molar-refractivity contribution in [3.05, 3.63) is 16.5 Å². The second kappa shape index (κ2) is 4.48. The zero-order valence-electron chi connectivity index (χ0n) is 9.50. The average molecular weight is 242 g/mol. The quantitative estimate of drug-likeness (QED) is 0.437. The Bertz CT molecular complexity index is 392.